The molecule has 1 atom stereocenters. The minimum Gasteiger partial charge on any atom is -0.497 e. The summed E-state index contributed by atoms with van der Waals surface area (Å²) >= 11 is 0. The van der Waals surface area contributed by atoms with Gasteiger partial charge in [-0.2, -0.15) is 0 Å². The van der Waals surface area contributed by atoms with Crippen LogP contribution in [0.2, 0.25) is 0 Å². The summed E-state index contributed by atoms with van der Waals surface area (Å²) in [4.78, 5) is 26.1. The van der Waals surface area contributed by atoms with Crippen molar-refractivity contribution in [1.82, 2.24) is 5.32 Å². The van der Waals surface area contributed by atoms with Gasteiger partial charge in [0.25, 0.3) is 11.8 Å². The predicted octanol–water partition coefficient (Wildman–Crippen LogP) is 2.17. The van der Waals surface area contributed by atoms with Gasteiger partial charge in [0.1, 0.15) is 12.4 Å². The zero-order chi connectivity index (χ0) is 18.5. The molecule has 0 aliphatic carbocycles. The molecule has 1 fully saturated rings. The van der Waals surface area contributed by atoms with Crippen molar-refractivity contribution in [3.05, 3.63) is 59.7 Å². The van der Waals surface area contributed by atoms with E-state index in [4.69, 9.17) is 9.47 Å². The SMILES string of the molecule is COc1ccc(N2CC(CNC(=O)c3ccc(C)cc3)OCC2=O)cc1. The Bertz CT molecular complexity index is 771. The number of nitrogens with one attached hydrogen (secondary N) is 1. The largest absolute Gasteiger partial charge is 0.497 e. The number of methoxy groups -OCH3 is 1. The van der Waals surface area contributed by atoms with Gasteiger partial charge >= 0.3 is 0 Å². The highest BCUT2D eigenvalue weighted by molar-refractivity contribution is 5.95. The van der Waals surface area contributed by atoms with Crippen LogP contribution in [0.1, 0.15) is 15.9 Å². The number of anilines is 1. The van der Waals surface area contributed by atoms with Gasteiger partial charge in [-0.1, -0.05) is 17.7 Å². The smallest absolute Gasteiger partial charge is 0.253 e. The van der Waals surface area contributed by atoms with Crippen LogP contribution < -0.4 is 15.0 Å². The summed E-state index contributed by atoms with van der Waals surface area (Å²) in [6, 6.07) is 14.7. The third kappa shape index (κ3) is 4.21. The van der Waals surface area contributed by atoms with Crippen LogP contribution in [0, 0.1) is 6.92 Å². The van der Waals surface area contributed by atoms with E-state index in [1.807, 2.05) is 43.3 Å². The molecule has 1 aliphatic heterocycles. The van der Waals surface area contributed by atoms with Gasteiger partial charge in [0, 0.05) is 17.8 Å². The van der Waals surface area contributed by atoms with Crippen LogP contribution in [-0.4, -0.2) is 44.7 Å². The molecule has 2 aromatic carbocycles. The van der Waals surface area contributed by atoms with Crippen molar-refractivity contribution >= 4 is 17.5 Å². The molecule has 2 amide bonds. The molecule has 2 aromatic rings. The van der Waals surface area contributed by atoms with Crippen molar-refractivity contribution in [2.24, 2.45) is 0 Å². The van der Waals surface area contributed by atoms with E-state index in [-0.39, 0.29) is 24.5 Å². The first-order valence-corrected chi connectivity index (χ1v) is 8.47. The van der Waals surface area contributed by atoms with Crippen LogP contribution in [0.25, 0.3) is 0 Å². The number of rotatable bonds is 5. The van der Waals surface area contributed by atoms with E-state index in [1.165, 1.54) is 0 Å². The Morgan fingerprint density at radius 2 is 1.88 bits per heavy atom. The van der Waals surface area contributed by atoms with Gasteiger partial charge in [0.2, 0.25) is 0 Å². The topological polar surface area (TPSA) is 67.9 Å². The Labute approximate surface area is 152 Å². The van der Waals surface area contributed by atoms with Crippen LogP contribution >= 0.6 is 0 Å². The molecule has 1 saturated heterocycles. The standard InChI is InChI=1S/C20H22N2O4/c1-14-3-5-15(6-4-14)20(24)21-11-18-12-22(19(23)13-26-18)16-7-9-17(25-2)10-8-16/h3-10,18H,11-13H2,1-2H3,(H,21,24). The zero-order valence-corrected chi connectivity index (χ0v) is 14.9. The van der Waals surface area contributed by atoms with Gasteiger partial charge in [0.15, 0.2) is 0 Å². The molecule has 0 bridgehead atoms. The summed E-state index contributed by atoms with van der Waals surface area (Å²) < 4.78 is 10.7. The molecule has 1 unspecified atom stereocenters. The number of carbonyl (C=O) groups is 2. The lowest BCUT2D eigenvalue weighted by Crippen LogP contribution is -2.50. The van der Waals surface area contributed by atoms with Gasteiger partial charge in [0.05, 0.1) is 19.8 Å². The number of nitrogens with zero attached hydrogens (tertiary/aromatic N) is 1. The number of benzene rings is 2. The number of morpholine rings is 1. The summed E-state index contributed by atoms with van der Waals surface area (Å²) in [6.07, 6.45) is -0.260. The fourth-order valence-electron chi connectivity index (χ4n) is 2.77. The van der Waals surface area contributed by atoms with Crippen LogP contribution in [-0.2, 0) is 9.53 Å². The Balaban J connectivity index is 1.59. The molecular formula is C20H22N2O4. The molecule has 6 nitrogen and oxygen atoms in total. The first-order chi connectivity index (χ1) is 12.6. The van der Waals surface area contributed by atoms with E-state index in [9.17, 15) is 9.59 Å². The average molecular weight is 354 g/mol. The van der Waals surface area contributed by atoms with Crippen LogP contribution in [0.15, 0.2) is 48.5 Å². The van der Waals surface area contributed by atoms with E-state index < -0.39 is 0 Å². The van der Waals surface area contributed by atoms with E-state index >= 15 is 0 Å². The van der Waals surface area contributed by atoms with Gasteiger partial charge in [-0.25, -0.2) is 0 Å². The number of aryl methyl sites for hydroxylation is 1. The van der Waals surface area contributed by atoms with E-state index in [2.05, 4.69) is 5.32 Å². The summed E-state index contributed by atoms with van der Waals surface area (Å²) in [5.74, 6) is 0.481. The van der Waals surface area contributed by atoms with Gasteiger partial charge in [-0.15, -0.1) is 0 Å². The zero-order valence-electron chi connectivity index (χ0n) is 14.9. The summed E-state index contributed by atoms with van der Waals surface area (Å²) in [5, 5.41) is 2.87. The maximum absolute atomic E-state index is 12.2. The maximum Gasteiger partial charge on any atom is 0.253 e. The molecule has 1 N–H and O–H groups in total. The van der Waals surface area contributed by atoms with E-state index in [0.717, 1.165) is 17.0 Å². The monoisotopic (exact) mass is 354 g/mol. The molecule has 0 saturated carbocycles. The second-order valence-corrected chi connectivity index (χ2v) is 6.21. The van der Waals surface area contributed by atoms with Gasteiger partial charge in [-0.3, -0.25) is 9.59 Å². The third-order valence-electron chi connectivity index (χ3n) is 4.32. The molecule has 0 radical (unpaired) electrons. The molecule has 1 aliphatic rings. The summed E-state index contributed by atoms with van der Waals surface area (Å²) in [7, 11) is 1.60. The van der Waals surface area contributed by atoms with Crippen molar-refractivity contribution < 1.29 is 19.1 Å². The molecule has 0 spiro atoms. The lowest BCUT2D eigenvalue weighted by Gasteiger charge is -2.33. The quantitative estimate of drug-likeness (QED) is 0.894. The van der Waals surface area contributed by atoms with Crippen molar-refractivity contribution in [3.63, 3.8) is 0 Å². The Kier molecular flexibility index (Phi) is 5.53. The lowest BCUT2D eigenvalue weighted by molar-refractivity contribution is -0.129. The Morgan fingerprint density at radius 1 is 1.19 bits per heavy atom. The molecule has 3 rings (SSSR count). The highest BCUT2D eigenvalue weighted by atomic mass is 16.5. The second-order valence-electron chi connectivity index (χ2n) is 6.21. The van der Waals surface area contributed by atoms with Crippen LogP contribution in [0.3, 0.4) is 0 Å². The number of hydrogen-bond acceptors (Lipinski definition) is 4. The van der Waals surface area contributed by atoms with Crippen molar-refractivity contribution in [2.75, 3.05) is 31.7 Å². The molecule has 26 heavy (non-hydrogen) atoms. The van der Waals surface area contributed by atoms with Crippen LogP contribution in [0.4, 0.5) is 5.69 Å². The maximum atomic E-state index is 12.2. The number of carbonyl (C=O) groups excluding carboxylic acids is 2. The fraction of sp³-hybridized carbons (Fsp3) is 0.300. The number of hydrogen-bond donors (Lipinski definition) is 1. The average Bonchev–Trinajstić information content (AvgIpc) is 2.68. The molecular weight excluding hydrogens is 332 g/mol. The summed E-state index contributed by atoms with van der Waals surface area (Å²) in [6.45, 7) is 2.70. The van der Waals surface area contributed by atoms with Crippen molar-refractivity contribution in [3.8, 4) is 5.75 Å². The molecule has 1 heterocycles. The number of amides is 2. The molecule has 136 valence electrons. The second kappa shape index (κ2) is 8.01. The summed E-state index contributed by atoms with van der Waals surface area (Å²) in [5.41, 5.74) is 2.49. The highest BCUT2D eigenvalue weighted by Gasteiger charge is 2.27. The minimum atomic E-state index is -0.260. The minimum absolute atomic E-state index is 0.00288. The van der Waals surface area contributed by atoms with Crippen molar-refractivity contribution in [1.29, 1.82) is 0 Å². The normalized spacial score (nSPS) is 17.1. The van der Waals surface area contributed by atoms with Crippen molar-refractivity contribution in [2.45, 2.75) is 13.0 Å². The predicted molar refractivity (Wildman–Crippen MR) is 98.6 cm³/mol. The third-order valence-corrected chi connectivity index (χ3v) is 4.32. The van der Waals surface area contributed by atoms with Crippen LogP contribution in [0.5, 0.6) is 5.75 Å². The number of ether oxygens (including phenoxy) is 2. The first kappa shape index (κ1) is 17.9. The van der Waals surface area contributed by atoms with Gasteiger partial charge in [-0.05, 0) is 43.3 Å². The highest BCUT2D eigenvalue weighted by Crippen LogP contribution is 2.22. The fourth-order valence-corrected chi connectivity index (χ4v) is 2.77. The Hall–Kier alpha value is -2.86. The molecule has 6 heteroatoms. The lowest BCUT2D eigenvalue weighted by atomic mass is 10.1. The van der Waals surface area contributed by atoms with Gasteiger partial charge < -0.3 is 19.7 Å². The van der Waals surface area contributed by atoms with E-state index in [0.29, 0.717) is 18.7 Å². The Morgan fingerprint density at radius 3 is 2.54 bits per heavy atom. The molecule has 0 aromatic heterocycles. The van der Waals surface area contributed by atoms with E-state index in [1.54, 1.807) is 24.1 Å². The first-order valence-electron chi connectivity index (χ1n) is 8.47.